The van der Waals surface area contributed by atoms with Crippen molar-refractivity contribution in [3.05, 3.63) is 48.0 Å². The molecule has 0 aliphatic heterocycles. The summed E-state index contributed by atoms with van der Waals surface area (Å²) in [6, 6.07) is 14.4. The number of carbonyl (C=O) groups excluding carboxylic acids is 1. The minimum atomic E-state index is -0.998. The number of hydrogen-bond donors (Lipinski definition) is 1. The summed E-state index contributed by atoms with van der Waals surface area (Å²) in [5.41, 5.74) is 1.15. The first-order valence-electron chi connectivity index (χ1n) is 8.08. The van der Waals surface area contributed by atoms with E-state index in [-0.39, 0.29) is 24.3 Å². The molecule has 1 amide bonds. The van der Waals surface area contributed by atoms with Gasteiger partial charge in [0.05, 0.1) is 6.61 Å². The van der Waals surface area contributed by atoms with E-state index in [1.807, 2.05) is 12.1 Å². The summed E-state index contributed by atoms with van der Waals surface area (Å²) in [6.45, 7) is 0.373. The molecule has 0 radical (unpaired) electrons. The van der Waals surface area contributed by atoms with Crippen molar-refractivity contribution in [2.24, 2.45) is 5.92 Å². The summed E-state index contributed by atoms with van der Waals surface area (Å²) in [6.07, 6.45) is 0.778. The molecule has 0 heterocycles. The highest BCUT2D eigenvalue weighted by molar-refractivity contribution is 5.87. The Bertz CT molecular complexity index is 758. The van der Waals surface area contributed by atoms with Gasteiger partial charge >= 0.3 is 5.97 Å². The van der Waals surface area contributed by atoms with Crippen LogP contribution in [-0.4, -0.2) is 48.7 Å². The molecule has 0 saturated heterocycles. The van der Waals surface area contributed by atoms with Gasteiger partial charge in [0.1, 0.15) is 6.54 Å². The van der Waals surface area contributed by atoms with Crippen LogP contribution in [0, 0.1) is 5.92 Å². The molecule has 1 fully saturated rings. The molecule has 5 heteroatoms. The zero-order valence-electron chi connectivity index (χ0n) is 13.6. The highest BCUT2D eigenvalue weighted by Crippen LogP contribution is 2.48. The molecule has 1 aliphatic rings. The lowest BCUT2D eigenvalue weighted by atomic mass is 10.0. The lowest BCUT2D eigenvalue weighted by Gasteiger charge is -2.20. The lowest BCUT2D eigenvalue weighted by Crippen LogP contribution is -2.39. The van der Waals surface area contributed by atoms with Gasteiger partial charge in [0, 0.05) is 19.6 Å². The van der Waals surface area contributed by atoms with Crippen molar-refractivity contribution in [2.45, 2.75) is 12.3 Å². The molecule has 126 valence electrons. The summed E-state index contributed by atoms with van der Waals surface area (Å²) in [4.78, 5) is 25.0. The average Bonchev–Trinajstić information content (AvgIpc) is 3.38. The van der Waals surface area contributed by atoms with E-state index in [2.05, 4.69) is 30.3 Å². The third kappa shape index (κ3) is 3.57. The Kier molecular flexibility index (Phi) is 4.81. The second kappa shape index (κ2) is 7.01. The highest BCUT2D eigenvalue weighted by Gasteiger charge is 2.45. The third-order valence-electron chi connectivity index (χ3n) is 4.51. The molecule has 2 aromatic carbocycles. The fraction of sp³-hybridized carbons (Fsp3) is 0.368. The van der Waals surface area contributed by atoms with Crippen LogP contribution in [-0.2, 0) is 14.3 Å². The molecule has 0 aromatic heterocycles. The van der Waals surface area contributed by atoms with Crippen molar-refractivity contribution in [1.29, 1.82) is 0 Å². The molecule has 1 aliphatic carbocycles. The van der Waals surface area contributed by atoms with Gasteiger partial charge in [0.25, 0.3) is 0 Å². The van der Waals surface area contributed by atoms with Crippen LogP contribution in [0.2, 0.25) is 0 Å². The third-order valence-corrected chi connectivity index (χ3v) is 4.51. The summed E-state index contributed by atoms with van der Waals surface area (Å²) in [5.74, 6) is -1.03. The maximum absolute atomic E-state index is 12.6. The highest BCUT2D eigenvalue weighted by atomic mass is 16.5. The van der Waals surface area contributed by atoms with E-state index in [1.54, 1.807) is 7.11 Å². The van der Waals surface area contributed by atoms with E-state index in [1.165, 1.54) is 10.3 Å². The van der Waals surface area contributed by atoms with E-state index in [9.17, 15) is 9.59 Å². The van der Waals surface area contributed by atoms with Crippen molar-refractivity contribution in [1.82, 2.24) is 4.90 Å². The van der Waals surface area contributed by atoms with E-state index in [0.717, 1.165) is 17.4 Å². The van der Waals surface area contributed by atoms with Crippen LogP contribution in [0.3, 0.4) is 0 Å². The van der Waals surface area contributed by atoms with Crippen molar-refractivity contribution >= 4 is 22.6 Å². The van der Waals surface area contributed by atoms with Crippen LogP contribution in [0.4, 0.5) is 0 Å². The first-order valence-corrected chi connectivity index (χ1v) is 8.08. The number of nitrogens with zero attached hydrogens (tertiary/aromatic N) is 1. The monoisotopic (exact) mass is 327 g/mol. The lowest BCUT2D eigenvalue weighted by molar-refractivity contribution is -0.145. The normalized spacial score (nSPS) is 19.2. The van der Waals surface area contributed by atoms with Crippen molar-refractivity contribution < 1.29 is 19.4 Å². The van der Waals surface area contributed by atoms with Gasteiger partial charge < -0.3 is 14.7 Å². The molecule has 2 unspecified atom stereocenters. The Labute approximate surface area is 140 Å². The van der Waals surface area contributed by atoms with Crippen LogP contribution in [0.5, 0.6) is 0 Å². The second-order valence-electron chi connectivity index (χ2n) is 6.20. The van der Waals surface area contributed by atoms with Gasteiger partial charge in [0.2, 0.25) is 5.91 Å². The summed E-state index contributed by atoms with van der Waals surface area (Å²) in [7, 11) is 1.54. The zero-order valence-corrected chi connectivity index (χ0v) is 13.6. The number of methoxy groups -OCH3 is 1. The Morgan fingerprint density at radius 1 is 1.21 bits per heavy atom. The maximum Gasteiger partial charge on any atom is 0.323 e. The topological polar surface area (TPSA) is 66.8 Å². The van der Waals surface area contributed by atoms with E-state index in [4.69, 9.17) is 9.84 Å². The largest absolute Gasteiger partial charge is 0.480 e. The number of amides is 1. The van der Waals surface area contributed by atoms with E-state index < -0.39 is 5.97 Å². The van der Waals surface area contributed by atoms with E-state index >= 15 is 0 Å². The molecule has 24 heavy (non-hydrogen) atoms. The summed E-state index contributed by atoms with van der Waals surface area (Å²) >= 11 is 0. The number of carbonyl (C=O) groups is 2. The molecule has 5 nitrogen and oxygen atoms in total. The number of carboxylic acids is 1. The van der Waals surface area contributed by atoms with E-state index in [0.29, 0.717) is 13.2 Å². The summed E-state index contributed by atoms with van der Waals surface area (Å²) in [5, 5.41) is 11.3. The number of aliphatic carboxylic acids is 1. The van der Waals surface area contributed by atoms with Gasteiger partial charge in [-0.3, -0.25) is 9.59 Å². The number of benzene rings is 2. The predicted molar refractivity (Wildman–Crippen MR) is 90.9 cm³/mol. The van der Waals surface area contributed by atoms with Gasteiger partial charge in [-0.15, -0.1) is 0 Å². The first kappa shape index (κ1) is 16.5. The fourth-order valence-corrected chi connectivity index (χ4v) is 3.14. The molecule has 1 N–H and O–H groups in total. The van der Waals surface area contributed by atoms with Crippen LogP contribution < -0.4 is 0 Å². The molecule has 2 aromatic rings. The molecular formula is C19H21NO4. The Morgan fingerprint density at radius 2 is 1.96 bits per heavy atom. The number of rotatable bonds is 7. The van der Waals surface area contributed by atoms with Gasteiger partial charge in [-0.2, -0.15) is 0 Å². The van der Waals surface area contributed by atoms with Crippen LogP contribution in [0.1, 0.15) is 17.9 Å². The Hall–Kier alpha value is -2.40. The predicted octanol–water partition coefficient (Wildman–Crippen LogP) is 2.50. The maximum atomic E-state index is 12.6. The smallest absolute Gasteiger partial charge is 0.323 e. The minimum absolute atomic E-state index is 0.0902. The molecular weight excluding hydrogens is 306 g/mol. The molecule has 2 atom stereocenters. The van der Waals surface area contributed by atoms with Crippen molar-refractivity contribution in [2.75, 3.05) is 26.8 Å². The van der Waals surface area contributed by atoms with Crippen molar-refractivity contribution in [3.63, 3.8) is 0 Å². The zero-order chi connectivity index (χ0) is 17.1. The Morgan fingerprint density at radius 3 is 2.67 bits per heavy atom. The number of hydrogen-bond acceptors (Lipinski definition) is 3. The van der Waals surface area contributed by atoms with Gasteiger partial charge in [-0.25, -0.2) is 0 Å². The summed E-state index contributed by atoms with van der Waals surface area (Å²) < 4.78 is 4.98. The fourth-order valence-electron chi connectivity index (χ4n) is 3.14. The van der Waals surface area contributed by atoms with Crippen molar-refractivity contribution in [3.8, 4) is 0 Å². The quantitative estimate of drug-likeness (QED) is 0.848. The number of ether oxygens (including phenoxy) is 1. The number of carboxylic acid groups (broad SMARTS) is 1. The van der Waals surface area contributed by atoms with Gasteiger partial charge in [-0.1, -0.05) is 42.5 Å². The molecule has 3 rings (SSSR count). The average molecular weight is 327 g/mol. The van der Waals surface area contributed by atoms with Crippen LogP contribution >= 0.6 is 0 Å². The van der Waals surface area contributed by atoms with Crippen LogP contribution in [0.25, 0.3) is 10.8 Å². The molecule has 1 saturated carbocycles. The standard InChI is InChI=1S/C19H21NO4/c1-24-9-8-20(12-18(21)22)19(23)17-11-16(17)15-7-6-13-4-2-3-5-14(13)10-15/h2-7,10,16-17H,8-9,11-12H2,1H3,(H,21,22). The van der Waals surface area contributed by atoms with Crippen LogP contribution in [0.15, 0.2) is 42.5 Å². The van der Waals surface area contributed by atoms with Gasteiger partial charge in [0.15, 0.2) is 0 Å². The SMILES string of the molecule is COCCN(CC(=O)O)C(=O)C1CC1c1ccc2ccccc2c1. The minimum Gasteiger partial charge on any atom is -0.480 e. The van der Waals surface area contributed by atoms with Gasteiger partial charge in [-0.05, 0) is 28.7 Å². The second-order valence-corrected chi connectivity index (χ2v) is 6.20. The molecule has 0 bridgehead atoms. The Balaban J connectivity index is 1.71. The first-order chi connectivity index (χ1) is 11.6. The number of fused-ring (bicyclic) bond motifs is 1. The molecule has 0 spiro atoms.